The second kappa shape index (κ2) is 11.9. The van der Waals surface area contributed by atoms with Crippen molar-refractivity contribution < 1.29 is 9.26 Å². The maximum Gasteiger partial charge on any atom is 0.226 e. The molecule has 7 nitrogen and oxygen atoms in total. The molecule has 0 atom stereocenters. The van der Waals surface area contributed by atoms with Crippen LogP contribution in [0.15, 0.2) is 9.52 Å². The normalized spacial score (nSPS) is 12.0. The van der Waals surface area contributed by atoms with Gasteiger partial charge < -0.3 is 19.9 Å². The van der Waals surface area contributed by atoms with Gasteiger partial charge in [0.25, 0.3) is 0 Å². The van der Waals surface area contributed by atoms with Crippen LogP contribution in [-0.2, 0) is 11.2 Å². The van der Waals surface area contributed by atoms with Gasteiger partial charge in [0.1, 0.15) is 0 Å². The molecule has 0 spiro atoms. The third-order valence-corrected chi connectivity index (χ3v) is 3.13. The lowest BCUT2D eigenvalue weighted by Gasteiger charge is -2.11. The molecule has 2 N–H and O–H groups in total. The molecule has 0 aliphatic rings. The fourth-order valence-corrected chi connectivity index (χ4v) is 1.89. The maximum atomic E-state index is 5.32. The number of aromatic nitrogens is 2. The van der Waals surface area contributed by atoms with E-state index in [1.165, 1.54) is 0 Å². The van der Waals surface area contributed by atoms with E-state index in [0.717, 1.165) is 63.9 Å². The molecule has 7 heteroatoms. The minimum atomic E-state index is 0.298. The Morgan fingerprint density at radius 1 is 1.26 bits per heavy atom. The number of nitrogens with zero attached hydrogens (tertiary/aromatic N) is 3. The van der Waals surface area contributed by atoms with Crippen molar-refractivity contribution >= 4 is 5.96 Å². The predicted molar refractivity (Wildman–Crippen MR) is 91.8 cm³/mol. The Bertz CT molecular complexity index is 445. The third-order valence-electron chi connectivity index (χ3n) is 3.13. The van der Waals surface area contributed by atoms with Crippen molar-refractivity contribution in [2.75, 3.05) is 32.8 Å². The van der Waals surface area contributed by atoms with Gasteiger partial charge in [-0.2, -0.15) is 4.98 Å². The van der Waals surface area contributed by atoms with E-state index in [2.05, 4.69) is 46.5 Å². The highest BCUT2D eigenvalue weighted by molar-refractivity contribution is 5.79. The third kappa shape index (κ3) is 8.54. The molecule has 0 bridgehead atoms. The zero-order chi connectivity index (χ0) is 16.9. The van der Waals surface area contributed by atoms with Crippen molar-refractivity contribution in [1.29, 1.82) is 0 Å². The summed E-state index contributed by atoms with van der Waals surface area (Å²) in [5.41, 5.74) is 0. The van der Waals surface area contributed by atoms with E-state index in [0.29, 0.717) is 11.8 Å². The summed E-state index contributed by atoms with van der Waals surface area (Å²) in [5.74, 6) is 2.61. The average Bonchev–Trinajstić information content (AvgIpc) is 3.00. The van der Waals surface area contributed by atoms with Gasteiger partial charge in [-0.25, -0.2) is 0 Å². The summed E-state index contributed by atoms with van der Waals surface area (Å²) < 4.78 is 10.5. The van der Waals surface area contributed by atoms with Gasteiger partial charge in [-0.15, -0.1) is 0 Å². The number of rotatable bonds is 11. The van der Waals surface area contributed by atoms with Crippen LogP contribution in [0.3, 0.4) is 0 Å². The van der Waals surface area contributed by atoms with Gasteiger partial charge in [-0.1, -0.05) is 19.0 Å². The fourth-order valence-electron chi connectivity index (χ4n) is 1.89. The van der Waals surface area contributed by atoms with Crippen molar-refractivity contribution in [3.05, 3.63) is 11.7 Å². The lowest BCUT2D eigenvalue weighted by atomic mass is 10.2. The smallest absolute Gasteiger partial charge is 0.226 e. The average molecular weight is 325 g/mol. The number of hydrogen-bond acceptors (Lipinski definition) is 5. The molecular formula is C16H31N5O2. The van der Waals surface area contributed by atoms with E-state index < -0.39 is 0 Å². The number of nitrogens with one attached hydrogen (secondary N) is 2. The molecule has 0 radical (unpaired) electrons. The van der Waals surface area contributed by atoms with E-state index in [-0.39, 0.29) is 0 Å². The Morgan fingerprint density at radius 2 is 2.09 bits per heavy atom. The van der Waals surface area contributed by atoms with Crippen LogP contribution >= 0.6 is 0 Å². The highest BCUT2D eigenvalue weighted by atomic mass is 16.5. The summed E-state index contributed by atoms with van der Waals surface area (Å²) >= 11 is 0. The van der Waals surface area contributed by atoms with E-state index in [1.807, 2.05) is 6.92 Å². The van der Waals surface area contributed by atoms with Crippen molar-refractivity contribution in [3.8, 4) is 0 Å². The van der Waals surface area contributed by atoms with Crippen molar-refractivity contribution in [1.82, 2.24) is 20.8 Å². The molecule has 0 aromatic carbocycles. The van der Waals surface area contributed by atoms with Crippen LogP contribution in [0.2, 0.25) is 0 Å². The van der Waals surface area contributed by atoms with Crippen LogP contribution in [0.1, 0.15) is 58.2 Å². The molecule has 1 aromatic rings. The molecule has 132 valence electrons. The highest BCUT2D eigenvalue weighted by Gasteiger charge is 2.08. The first-order chi connectivity index (χ1) is 11.2. The summed E-state index contributed by atoms with van der Waals surface area (Å²) in [6.07, 6.45) is 2.61. The quantitative estimate of drug-likeness (QED) is 0.368. The van der Waals surface area contributed by atoms with Crippen LogP contribution in [0, 0.1) is 0 Å². The van der Waals surface area contributed by atoms with Crippen LogP contribution in [0.25, 0.3) is 0 Å². The first-order valence-corrected chi connectivity index (χ1v) is 8.59. The van der Waals surface area contributed by atoms with E-state index in [4.69, 9.17) is 9.26 Å². The standard InChI is InChI=1S/C16H31N5O2/c1-5-17-16(19-11-8-12-22-6-2)18-10-7-9-14-20-15(13(3)4)21-23-14/h13H,5-12H2,1-4H3,(H2,17,18,19). The molecule has 0 amide bonds. The number of guanidine groups is 1. The minimum absolute atomic E-state index is 0.298. The maximum absolute atomic E-state index is 5.32. The van der Waals surface area contributed by atoms with Crippen molar-refractivity contribution in [2.45, 2.75) is 52.9 Å². The van der Waals surface area contributed by atoms with Gasteiger partial charge >= 0.3 is 0 Å². The summed E-state index contributed by atoms with van der Waals surface area (Å²) in [6, 6.07) is 0. The van der Waals surface area contributed by atoms with E-state index >= 15 is 0 Å². The number of hydrogen-bond donors (Lipinski definition) is 2. The first-order valence-electron chi connectivity index (χ1n) is 8.59. The fraction of sp³-hybridized carbons (Fsp3) is 0.812. The molecule has 0 aliphatic heterocycles. The lowest BCUT2D eigenvalue weighted by molar-refractivity contribution is 0.145. The first kappa shape index (κ1) is 19.4. The summed E-state index contributed by atoms with van der Waals surface area (Å²) in [4.78, 5) is 8.92. The Kier molecular flexibility index (Phi) is 10.0. The molecule has 0 saturated heterocycles. The SMILES string of the molecule is CCNC(=NCCCc1nc(C(C)C)no1)NCCCOCC. The largest absolute Gasteiger partial charge is 0.382 e. The second-order valence-corrected chi connectivity index (χ2v) is 5.54. The van der Waals surface area contributed by atoms with Crippen LogP contribution in [-0.4, -0.2) is 48.9 Å². The number of ether oxygens (including phenoxy) is 1. The predicted octanol–water partition coefficient (Wildman–Crippen LogP) is 2.11. The van der Waals surface area contributed by atoms with Crippen LogP contribution in [0.5, 0.6) is 0 Å². The lowest BCUT2D eigenvalue weighted by Crippen LogP contribution is -2.38. The van der Waals surface area contributed by atoms with E-state index in [9.17, 15) is 0 Å². The van der Waals surface area contributed by atoms with Crippen molar-refractivity contribution in [3.63, 3.8) is 0 Å². The molecule has 1 rings (SSSR count). The van der Waals surface area contributed by atoms with Crippen molar-refractivity contribution in [2.24, 2.45) is 4.99 Å². The molecule has 1 aromatic heterocycles. The van der Waals surface area contributed by atoms with Gasteiger partial charge in [-0.3, -0.25) is 4.99 Å². The Balaban J connectivity index is 2.27. The van der Waals surface area contributed by atoms with Crippen LogP contribution in [0.4, 0.5) is 0 Å². The van der Waals surface area contributed by atoms with Gasteiger partial charge in [0.2, 0.25) is 5.89 Å². The Hall–Kier alpha value is -1.63. The molecule has 0 unspecified atom stereocenters. The number of aryl methyl sites for hydroxylation is 1. The number of aliphatic imine (C=N–C) groups is 1. The zero-order valence-electron chi connectivity index (χ0n) is 14.9. The zero-order valence-corrected chi connectivity index (χ0v) is 14.9. The summed E-state index contributed by atoms with van der Waals surface area (Å²) in [5, 5.41) is 10.5. The highest BCUT2D eigenvalue weighted by Crippen LogP contribution is 2.10. The Labute approximate surface area is 139 Å². The molecule has 0 saturated carbocycles. The molecule has 1 heterocycles. The monoisotopic (exact) mass is 325 g/mol. The topological polar surface area (TPSA) is 84.6 Å². The minimum Gasteiger partial charge on any atom is -0.382 e. The van der Waals surface area contributed by atoms with Gasteiger partial charge in [0.15, 0.2) is 11.8 Å². The van der Waals surface area contributed by atoms with Gasteiger partial charge in [0.05, 0.1) is 0 Å². The summed E-state index contributed by atoms with van der Waals surface area (Å²) in [6.45, 7) is 12.1. The molecule has 0 aliphatic carbocycles. The Morgan fingerprint density at radius 3 is 2.74 bits per heavy atom. The second-order valence-electron chi connectivity index (χ2n) is 5.54. The van der Waals surface area contributed by atoms with Gasteiger partial charge in [0, 0.05) is 45.2 Å². The summed E-state index contributed by atoms with van der Waals surface area (Å²) in [7, 11) is 0. The van der Waals surface area contributed by atoms with E-state index in [1.54, 1.807) is 0 Å². The molecular weight excluding hydrogens is 294 g/mol. The molecule has 23 heavy (non-hydrogen) atoms. The molecule has 0 fully saturated rings. The van der Waals surface area contributed by atoms with Crippen LogP contribution < -0.4 is 10.6 Å². The van der Waals surface area contributed by atoms with Gasteiger partial charge in [-0.05, 0) is 26.7 Å².